The van der Waals surface area contributed by atoms with Crippen LogP contribution in [0.5, 0.6) is 0 Å². The molecule has 0 spiro atoms. The first-order valence-corrected chi connectivity index (χ1v) is 10.5. The number of hydrogen-bond acceptors (Lipinski definition) is 2. The predicted molar refractivity (Wildman–Crippen MR) is 94.6 cm³/mol. The number of carbonyl (C=O) groups excluding carboxylic acids is 1. The third-order valence-corrected chi connectivity index (χ3v) is 9.82. The number of carbonyl (C=O) groups is 1. The Morgan fingerprint density at radius 3 is 2.42 bits per heavy atom. The summed E-state index contributed by atoms with van der Waals surface area (Å²) >= 11 is 0. The van der Waals surface area contributed by atoms with Crippen LogP contribution >= 0.6 is 0 Å². The lowest BCUT2D eigenvalue weighted by Gasteiger charge is -2.60. The van der Waals surface area contributed by atoms with E-state index in [4.69, 9.17) is 4.74 Å². The molecule has 0 amide bonds. The fraction of sp³-hybridized carbons (Fsp3) is 0.955. The molecule has 4 aliphatic carbocycles. The first-order valence-electron chi connectivity index (χ1n) is 10.5. The van der Waals surface area contributed by atoms with Crippen molar-refractivity contribution in [1.82, 2.24) is 0 Å². The molecule has 4 saturated carbocycles. The highest BCUT2D eigenvalue weighted by Crippen LogP contribution is 2.69. The van der Waals surface area contributed by atoms with E-state index in [1.807, 2.05) is 0 Å². The number of epoxide rings is 1. The average molecular weight is 331 g/mol. The van der Waals surface area contributed by atoms with E-state index in [1.165, 1.54) is 44.9 Å². The second kappa shape index (κ2) is 4.87. The number of hydrogen-bond donors (Lipinski definition) is 0. The molecule has 1 aliphatic heterocycles. The van der Waals surface area contributed by atoms with Gasteiger partial charge in [0.1, 0.15) is 5.78 Å². The lowest BCUT2D eigenvalue weighted by atomic mass is 9.44. The standard InChI is InChI=1S/C22H34O2/c1-20-10-8-15(23)12-14(20)4-5-16-17-6-7-19(22(3)13-24-22)21(17,2)11-9-18(16)20/h14,16-19H,4-13H2,1-3H3/t14-,16+,17+,18-,19-,20-,21-,22-/m0/s1. The summed E-state index contributed by atoms with van der Waals surface area (Å²) in [5.74, 6) is 4.73. The molecule has 0 N–H and O–H groups in total. The van der Waals surface area contributed by atoms with Crippen molar-refractivity contribution < 1.29 is 9.53 Å². The van der Waals surface area contributed by atoms with Crippen LogP contribution in [0.15, 0.2) is 0 Å². The molecule has 0 aromatic heterocycles. The maximum absolute atomic E-state index is 12.0. The van der Waals surface area contributed by atoms with E-state index in [0.717, 1.165) is 43.1 Å². The first kappa shape index (κ1) is 15.9. The molecule has 8 atom stereocenters. The molecule has 0 aromatic rings. The fourth-order valence-electron chi connectivity index (χ4n) is 8.36. The summed E-state index contributed by atoms with van der Waals surface area (Å²) < 4.78 is 5.91. The number of rotatable bonds is 1. The summed E-state index contributed by atoms with van der Waals surface area (Å²) in [5, 5.41) is 0. The van der Waals surface area contributed by atoms with Crippen molar-refractivity contribution in [2.45, 2.75) is 84.2 Å². The van der Waals surface area contributed by atoms with E-state index >= 15 is 0 Å². The Kier molecular flexibility index (Phi) is 3.22. The van der Waals surface area contributed by atoms with E-state index in [9.17, 15) is 4.79 Å². The molecule has 0 unspecified atom stereocenters. The molecule has 5 rings (SSSR count). The van der Waals surface area contributed by atoms with Gasteiger partial charge in [-0.1, -0.05) is 13.8 Å². The zero-order valence-corrected chi connectivity index (χ0v) is 15.8. The van der Waals surface area contributed by atoms with Crippen molar-refractivity contribution in [2.24, 2.45) is 40.4 Å². The van der Waals surface area contributed by atoms with E-state index in [0.29, 0.717) is 22.5 Å². The second-order valence-electron chi connectivity index (χ2n) is 10.7. The summed E-state index contributed by atoms with van der Waals surface area (Å²) in [7, 11) is 0. The van der Waals surface area contributed by atoms with Gasteiger partial charge in [-0.05, 0) is 92.3 Å². The molecule has 2 nitrogen and oxygen atoms in total. The number of ether oxygens (including phenoxy) is 1. The van der Waals surface area contributed by atoms with Crippen LogP contribution in [0.25, 0.3) is 0 Å². The van der Waals surface area contributed by atoms with Crippen LogP contribution in [-0.4, -0.2) is 18.0 Å². The fourth-order valence-corrected chi connectivity index (χ4v) is 8.36. The van der Waals surface area contributed by atoms with Gasteiger partial charge in [0.25, 0.3) is 0 Å². The summed E-state index contributed by atoms with van der Waals surface area (Å²) in [6.07, 6.45) is 11.2. The van der Waals surface area contributed by atoms with Crippen LogP contribution in [-0.2, 0) is 9.53 Å². The van der Waals surface area contributed by atoms with Gasteiger partial charge < -0.3 is 4.74 Å². The molecule has 24 heavy (non-hydrogen) atoms. The summed E-state index contributed by atoms with van der Waals surface area (Å²) in [6.45, 7) is 8.52. The Hall–Kier alpha value is -0.370. The van der Waals surface area contributed by atoms with Gasteiger partial charge in [-0.15, -0.1) is 0 Å². The Bertz CT molecular complexity index is 564. The molecular formula is C22H34O2. The van der Waals surface area contributed by atoms with Crippen molar-refractivity contribution in [3.05, 3.63) is 0 Å². The highest BCUT2D eigenvalue weighted by atomic mass is 16.6. The van der Waals surface area contributed by atoms with Crippen LogP contribution in [0.1, 0.15) is 78.6 Å². The average Bonchev–Trinajstić information content (AvgIpc) is 3.17. The minimum atomic E-state index is 0.203. The molecule has 5 aliphatic rings. The van der Waals surface area contributed by atoms with Crippen molar-refractivity contribution in [3.8, 4) is 0 Å². The maximum atomic E-state index is 12.0. The lowest BCUT2D eigenvalue weighted by molar-refractivity contribution is -0.140. The molecule has 134 valence electrons. The maximum Gasteiger partial charge on any atom is 0.133 e. The van der Waals surface area contributed by atoms with Crippen LogP contribution in [0, 0.1) is 40.4 Å². The third-order valence-electron chi connectivity index (χ3n) is 9.82. The summed E-state index contributed by atoms with van der Waals surface area (Å²) in [6, 6.07) is 0. The molecule has 0 aromatic carbocycles. The van der Waals surface area contributed by atoms with Crippen LogP contribution in [0.2, 0.25) is 0 Å². The van der Waals surface area contributed by atoms with E-state index in [2.05, 4.69) is 20.8 Å². The van der Waals surface area contributed by atoms with Crippen molar-refractivity contribution >= 4 is 5.78 Å². The zero-order chi connectivity index (χ0) is 16.7. The monoisotopic (exact) mass is 330 g/mol. The first-order chi connectivity index (χ1) is 11.4. The molecule has 1 saturated heterocycles. The second-order valence-corrected chi connectivity index (χ2v) is 10.7. The van der Waals surface area contributed by atoms with Gasteiger partial charge in [-0.25, -0.2) is 0 Å². The molecule has 0 radical (unpaired) electrons. The third kappa shape index (κ3) is 1.95. The Morgan fingerprint density at radius 1 is 0.917 bits per heavy atom. The Labute approximate surface area is 147 Å². The van der Waals surface area contributed by atoms with Gasteiger partial charge in [-0.3, -0.25) is 4.79 Å². The van der Waals surface area contributed by atoms with Crippen LogP contribution in [0.3, 0.4) is 0 Å². The van der Waals surface area contributed by atoms with Crippen molar-refractivity contribution in [3.63, 3.8) is 0 Å². The number of Topliss-reactive ketones (excluding diaryl/α,β-unsaturated/α-hetero) is 1. The Balaban J connectivity index is 1.44. The van der Waals surface area contributed by atoms with Crippen molar-refractivity contribution in [2.75, 3.05) is 6.61 Å². The Morgan fingerprint density at radius 2 is 1.67 bits per heavy atom. The normalized spacial score (nSPS) is 59.5. The van der Waals surface area contributed by atoms with Gasteiger partial charge in [0.15, 0.2) is 0 Å². The summed E-state index contributed by atoms with van der Waals surface area (Å²) in [4.78, 5) is 12.0. The smallest absolute Gasteiger partial charge is 0.133 e. The molecular weight excluding hydrogens is 296 g/mol. The van der Waals surface area contributed by atoms with Crippen molar-refractivity contribution in [1.29, 1.82) is 0 Å². The summed E-state index contributed by atoms with van der Waals surface area (Å²) in [5.41, 5.74) is 1.17. The lowest BCUT2D eigenvalue weighted by Crippen LogP contribution is -2.54. The van der Waals surface area contributed by atoms with E-state index < -0.39 is 0 Å². The van der Waals surface area contributed by atoms with Gasteiger partial charge >= 0.3 is 0 Å². The SMILES string of the molecule is C[C@]12CCC(=O)C[C@@H]1CC[C@@H]1[C@H]3CC[C@H]([C@]4(C)CO4)[C@@]3(C)CC[C@@H]12. The predicted octanol–water partition coefficient (Wildman–Crippen LogP) is 5.00. The quantitative estimate of drug-likeness (QED) is 0.633. The van der Waals surface area contributed by atoms with Gasteiger partial charge in [-0.2, -0.15) is 0 Å². The topological polar surface area (TPSA) is 29.6 Å². The van der Waals surface area contributed by atoms with Gasteiger partial charge in [0.05, 0.1) is 12.2 Å². The highest BCUT2D eigenvalue weighted by Gasteiger charge is 2.65. The molecule has 0 bridgehead atoms. The molecule has 1 heterocycles. The largest absolute Gasteiger partial charge is 0.370 e. The number of fused-ring (bicyclic) bond motifs is 5. The van der Waals surface area contributed by atoms with Crippen LogP contribution < -0.4 is 0 Å². The molecule has 5 fully saturated rings. The molecule has 2 heteroatoms. The van der Waals surface area contributed by atoms with Crippen LogP contribution in [0.4, 0.5) is 0 Å². The van der Waals surface area contributed by atoms with E-state index in [1.54, 1.807) is 0 Å². The number of ketones is 1. The minimum absolute atomic E-state index is 0.203. The zero-order valence-electron chi connectivity index (χ0n) is 15.8. The minimum Gasteiger partial charge on any atom is -0.370 e. The van der Waals surface area contributed by atoms with E-state index in [-0.39, 0.29) is 5.60 Å². The van der Waals surface area contributed by atoms with Gasteiger partial charge in [0, 0.05) is 12.8 Å². The highest BCUT2D eigenvalue weighted by molar-refractivity contribution is 5.79. The van der Waals surface area contributed by atoms with Gasteiger partial charge in [0.2, 0.25) is 0 Å².